The van der Waals surface area contributed by atoms with Crippen LogP contribution in [0, 0.1) is 0 Å². The number of carbonyl (C=O) groups excluding carboxylic acids is 2. The zero-order chi connectivity index (χ0) is 27.6. The van der Waals surface area contributed by atoms with E-state index >= 15 is 0 Å². The number of hydrogen-bond donors (Lipinski definition) is 0. The molecule has 3 aromatic carbocycles. The minimum atomic E-state index is -0.423. The zero-order valence-corrected chi connectivity index (χ0v) is 22.8. The summed E-state index contributed by atoms with van der Waals surface area (Å²) < 4.78 is 6.71. The van der Waals surface area contributed by atoms with Gasteiger partial charge in [-0.25, -0.2) is 0 Å². The Morgan fingerprint density at radius 2 is 1.60 bits per heavy atom. The number of para-hydroxylation sites is 1. The number of nitrogens with zero attached hydrogens (tertiary/aromatic N) is 4. The van der Waals surface area contributed by atoms with Gasteiger partial charge in [-0.05, 0) is 42.0 Å². The summed E-state index contributed by atoms with van der Waals surface area (Å²) in [7, 11) is 1.62. The quantitative estimate of drug-likeness (QED) is 0.350. The summed E-state index contributed by atoms with van der Waals surface area (Å²) in [5.74, 6) is 0.336. The molecule has 1 aromatic heterocycles. The van der Waals surface area contributed by atoms with Crippen LogP contribution in [-0.2, 0) is 4.79 Å². The van der Waals surface area contributed by atoms with Crippen LogP contribution in [0.5, 0.6) is 5.75 Å². The van der Waals surface area contributed by atoms with Crippen LogP contribution in [0.1, 0.15) is 28.3 Å². The highest BCUT2D eigenvalue weighted by Crippen LogP contribution is 2.36. The van der Waals surface area contributed by atoms with E-state index in [1.54, 1.807) is 19.4 Å². The van der Waals surface area contributed by atoms with Crippen LogP contribution >= 0.6 is 11.8 Å². The molecule has 1 saturated heterocycles. The highest BCUT2D eigenvalue weighted by atomic mass is 32.2. The number of aromatic nitrogens is 2. The normalized spacial score (nSPS) is 16.6. The fourth-order valence-electron chi connectivity index (χ4n) is 5.33. The summed E-state index contributed by atoms with van der Waals surface area (Å²) in [4.78, 5) is 45.1. The summed E-state index contributed by atoms with van der Waals surface area (Å²) in [5.41, 5.74) is 2.71. The van der Waals surface area contributed by atoms with Crippen molar-refractivity contribution in [2.45, 2.75) is 22.1 Å². The van der Waals surface area contributed by atoms with Crippen molar-refractivity contribution in [1.29, 1.82) is 0 Å². The predicted octanol–water partition coefficient (Wildman–Crippen LogP) is 4.41. The number of piperazine rings is 1. The zero-order valence-electron chi connectivity index (χ0n) is 22.0. The first-order chi connectivity index (χ1) is 19.5. The molecule has 2 heterocycles. The molecule has 0 N–H and O–H groups in total. The molecule has 0 bridgehead atoms. The third-order valence-corrected chi connectivity index (χ3v) is 8.55. The second kappa shape index (κ2) is 11.0. The largest absolute Gasteiger partial charge is 0.497 e. The van der Waals surface area contributed by atoms with Crippen LogP contribution in [0.15, 0.2) is 99.6 Å². The summed E-state index contributed by atoms with van der Waals surface area (Å²) in [5, 5.41) is 4.51. The Kier molecular flexibility index (Phi) is 7.13. The molecule has 8 nitrogen and oxygen atoms in total. The fraction of sp³-hybridized carbons (Fsp3) is 0.226. The molecule has 1 fully saturated rings. The van der Waals surface area contributed by atoms with E-state index < -0.39 is 5.92 Å². The summed E-state index contributed by atoms with van der Waals surface area (Å²) >= 11 is 1.39. The Morgan fingerprint density at radius 1 is 0.900 bits per heavy atom. The topological polar surface area (TPSA) is 84.7 Å². The van der Waals surface area contributed by atoms with E-state index in [1.165, 1.54) is 16.4 Å². The number of amides is 1. The van der Waals surface area contributed by atoms with Gasteiger partial charge in [0.1, 0.15) is 10.6 Å². The van der Waals surface area contributed by atoms with E-state index in [0.717, 1.165) is 21.9 Å². The molecule has 1 aliphatic heterocycles. The number of ether oxygens (including phenoxy) is 1. The smallest absolute Gasteiger partial charge is 0.287 e. The van der Waals surface area contributed by atoms with Gasteiger partial charge < -0.3 is 14.5 Å². The third-order valence-electron chi connectivity index (χ3n) is 7.45. The van der Waals surface area contributed by atoms with Crippen molar-refractivity contribution in [2.24, 2.45) is 0 Å². The summed E-state index contributed by atoms with van der Waals surface area (Å²) in [6.07, 6.45) is 1.96. The van der Waals surface area contributed by atoms with Gasteiger partial charge in [-0.1, -0.05) is 54.2 Å². The van der Waals surface area contributed by atoms with Gasteiger partial charge in [0.15, 0.2) is 5.78 Å². The van der Waals surface area contributed by atoms with Gasteiger partial charge in [0.25, 0.3) is 5.56 Å². The molecule has 1 unspecified atom stereocenters. The Labute approximate surface area is 236 Å². The highest BCUT2D eigenvalue weighted by Gasteiger charge is 2.37. The number of Topliss-reactive ketones (excluding diaryl/α,β-unsaturated/α-hetero) is 1. The van der Waals surface area contributed by atoms with E-state index in [4.69, 9.17) is 4.74 Å². The maximum Gasteiger partial charge on any atom is 0.287 e. The van der Waals surface area contributed by atoms with Crippen LogP contribution in [0.3, 0.4) is 0 Å². The van der Waals surface area contributed by atoms with E-state index in [9.17, 15) is 14.4 Å². The number of hydrogen-bond acceptors (Lipinski definition) is 7. The Morgan fingerprint density at radius 3 is 2.33 bits per heavy atom. The maximum absolute atomic E-state index is 13.8. The van der Waals surface area contributed by atoms with Crippen molar-refractivity contribution in [3.8, 4) is 11.4 Å². The Bertz CT molecular complexity index is 1610. The van der Waals surface area contributed by atoms with Crippen LogP contribution in [-0.4, -0.2) is 59.7 Å². The van der Waals surface area contributed by atoms with Gasteiger partial charge >= 0.3 is 0 Å². The van der Waals surface area contributed by atoms with Crippen molar-refractivity contribution in [3.05, 3.63) is 107 Å². The molecule has 0 radical (unpaired) electrons. The van der Waals surface area contributed by atoms with E-state index in [2.05, 4.69) is 10.00 Å². The van der Waals surface area contributed by atoms with Gasteiger partial charge in [-0.2, -0.15) is 9.78 Å². The van der Waals surface area contributed by atoms with Crippen molar-refractivity contribution < 1.29 is 14.3 Å². The number of anilines is 1. The molecular weight excluding hydrogens is 524 g/mol. The molecule has 2 aliphatic rings. The monoisotopic (exact) mass is 552 g/mol. The number of benzene rings is 3. The molecule has 1 aliphatic carbocycles. The number of fused-ring (bicyclic) bond motifs is 1. The molecule has 0 spiro atoms. The average molecular weight is 553 g/mol. The van der Waals surface area contributed by atoms with E-state index in [1.807, 2.05) is 77.7 Å². The molecule has 9 heteroatoms. The Hall–Kier alpha value is -4.37. The lowest BCUT2D eigenvalue weighted by molar-refractivity contribution is -0.133. The van der Waals surface area contributed by atoms with Gasteiger partial charge in [-0.15, -0.1) is 0 Å². The second-order valence-corrected chi connectivity index (χ2v) is 10.9. The van der Waals surface area contributed by atoms with Crippen LogP contribution in [0.2, 0.25) is 0 Å². The van der Waals surface area contributed by atoms with Crippen LogP contribution < -0.4 is 15.2 Å². The molecule has 202 valence electrons. The molecule has 1 amide bonds. The maximum atomic E-state index is 13.8. The lowest BCUT2D eigenvalue weighted by Gasteiger charge is -2.37. The SMILES string of the molecule is COc1ccc(Sc2c(N3CCN(C(=O)C4CC(=O)c5ccccc54)CC3)cnn(-c3ccccc3)c2=O)cc1. The van der Waals surface area contributed by atoms with Crippen molar-refractivity contribution in [1.82, 2.24) is 14.7 Å². The fourth-order valence-corrected chi connectivity index (χ4v) is 6.30. The lowest BCUT2D eigenvalue weighted by Crippen LogP contribution is -2.50. The van der Waals surface area contributed by atoms with Crippen molar-refractivity contribution in [2.75, 3.05) is 38.2 Å². The first-order valence-corrected chi connectivity index (χ1v) is 14.0. The van der Waals surface area contributed by atoms with Crippen LogP contribution in [0.25, 0.3) is 5.69 Å². The number of ketones is 1. The average Bonchev–Trinajstić information content (AvgIpc) is 3.35. The number of methoxy groups -OCH3 is 1. The molecule has 1 atom stereocenters. The lowest BCUT2D eigenvalue weighted by atomic mass is 9.99. The number of carbonyl (C=O) groups is 2. The van der Waals surface area contributed by atoms with Crippen molar-refractivity contribution >= 4 is 29.1 Å². The predicted molar refractivity (Wildman–Crippen MR) is 154 cm³/mol. The van der Waals surface area contributed by atoms with Gasteiger partial charge in [0.05, 0.1) is 30.6 Å². The molecule has 4 aromatic rings. The Balaban J connectivity index is 1.26. The minimum Gasteiger partial charge on any atom is -0.497 e. The standard InChI is InChI=1S/C31H28N4O4S/c1-39-22-11-13-23(14-12-22)40-29-27(20-32-35(31(29)38)21-7-3-2-4-8-21)33-15-17-34(18-16-33)30(37)26-19-28(36)25-10-6-5-9-24(25)26/h2-14,20,26H,15-19H2,1H3. The second-order valence-electron chi connectivity index (χ2n) is 9.77. The third kappa shape index (κ3) is 4.88. The first kappa shape index (κ1) is 25.9. The van der Waals surface area contributed by atoms with Gasteiger partial charge in [-0.3, -0.25) is 14.4 Å². The minimum absolute atomic E-state index is 0.0107. The van der Waals surface area contributed by atoms with E-state index in [-0.39, 0.29) is 23.7 Å². The van der Waals surface area contributed by atoms with Crippen LogP contribution in [0.4, 0.5) is 5.69 Å². The molecular formula is C31H28N4O4S. The van der Waals surface area contributed by atoms with Crippen molar-refractivity contribution in [3.63, 3.8) is 0 Å². The van der Waals surface area contributed by atoms with Gasteiger partial charge in [0, 0.05) is 43.1 Å². The summed E-state index contributed by atoms with van der Waals surface area (Å²) in [6.45, 7) is 2.11. The van der Waals surface area contributed by atoms with Gasteiger partial charge in [0.2, 0.25) is 5.91 Å². The molecule has 0 saturated carbocycles. The number of rotatable bonds is 6. The molecule has 40 heavy (non-hydrogen) atoms. The first-order valence-electron chi connectivity index (χ1n) is 13.2. The molecule has 6 rings (SSSR count). The highest BCUT2D eigenvalue weighted by molar-refractivity contribution is 7.99. The van der Waals surface area contributed by atoms with E-state index in [0.29, 0.717) is 42.3 Å². The summed E-state index contributed by atoms with van der Waals surface area (Å²) in [6, 6.07) is 24.4.